The Balaban J connectivity index is 2.24. The lowest BCUT2D eigenvalue weighted by Crippen LogP contribution is -2.37. The van der Waals surface area contributed by atoms with E-state index in [1.54, 1.807) is 24.3 Å². The number of amides is 2. The highest BCUT2D eigenvalue weighted by Crippen LogP contribution is 2.24. The standard InChI is InChI=1S/C18H25N5O2/c1-4-19-18(24)23(15-8-6-14(2)7-9-15)16-10-12-21-17(22-16)20-11-5-13-25-3/h6-10,12H,4-5,11,13H2,1-3H3,(H,19,24)(H,20,21,22). The summed E-state index contributed by atoms with van der Waals surface area (Å²) in [6.07, 6.45) is 2.49. The van der Waals surface area contributed by atoms with Crippen LogP contribution in [-0.4, -0.2) is 42.8 Å². The molecule has 1 aromatic heterocycles. The molecule has 0 aliphatic rings. The van der Waals surface area contributed by atoms with Gasteiger partial charge in [-0.05, 0) is 32.4 Å². The highest BCUT2D eigenvalue weighted by molar-refractivity contribution is 5.98. The van der Waals surface area contributed by atoms with Crippen molar-refractivity contribution in [2.45, 2.75) is 20.3 Å². The van der Waals surface area contributed by atoms with Crippen LogP contribution >= 0.6 is 0 Å². The number of carbonyl (C=O) groups is 1. The number of hydrogen-bond acceptors (Lipinski definition) is 5. The lowest BCUT2D eigenvalue weighted by Gasteiger charge is -2.22. The highest BCUT2D eigenvalue weighted by atomic mass is 16.5. The molecule has 2 amide bonds. The molecule has 7 heteroatoms. The number of aromatic nitrogens is 2. The molecule has 0 bridgehead atoms. The van der Waals surface area contributed by atoms with Crippen LogP contribution < -0.4 is 15.5 Å². The van der Waals surface area contributed by atoms with E-state index in [0.29, 0.717) is 31.5 Å². The van der Waals surface area contributed by atoms with Crippen LogP contribution in [0.5, 0.6) is 0 Å². The molecule has 1 aromatic carbocycles. The van der Waals surface area contributed by atoms with Crippen molar-refractivity contribution in [2.24, 2.45) is 0 Å². The quantitative estimate of drug-likeness (QED) is 0.720. The first-order valence-electron chi connectivity index (χ1n) is 8.36. The van der Waals surface area contributed by atoms with E-state index in [1.807, 2.05) is 38.1 Å². The minimum Gasteiger partial charge on any atom is -0.385 e. The van der Waals surface area contributed by atoms with E-state index in [1.165, 1.54) is 0 Å². The van der Waals surface area contributed by atoms with E-state index in [-0.39, 0.29) is 6.03 Å². The van der Waals surface area contributed by atoms with Gasteiger partial charge in [-0.1, -0.05) is 17.7 Å². The van der Waals surface area contributed by atoms with E-state index in [2.05, 4.69) is 20.6 Å². The Bertz CT molecular complexity index is 675. The molecule has 0 saturated carbocycles. The minimum absolute atomic E-state index is 0.226. The Hall–Kier alpha value is -2.67. The highest BCUT2D eigenvalue weighted by Gasteiger charge is 2.19. The Morgan fingerprint density at radius 3 is 2.68 bits per heavy atom. The molecule has 0 aliphatic heterocycles. The summed E-state index contributed by atoms with van der Waals surface area (Å²) in [5, 5.41) is 5.97. The van der Waals surface area contributed by atoms with E-state index in [9.17, 15) is 4.79 Å². The fourth-order valence-electron chi connectivity index (χ4n) is 2.25. The molecule has 0 unspecified atom stereocenters. The summed E-state index contributed by atoms with van der Waals surface area (Å²) in [5.74, 6) is 0.994. The van der Waals surface area contributed by atoms with Crippen molar-refractivity contribution in [1.29, 1.82) is 0 Å². The van der Waals surface area contributed by atoms with Crippen LogP contribution in [0.25, 0.3) is 0 Å². The second-order valence-electron chi connectivity index (χ2n) is 5.52. The Morgan fingerprint density at radius 2 is 2.00 bits per heavy atom. The van der Waals surface area contributed by atoms with Crippen molar-refractivity contribution < 1.29 is 9.53 Å². The molecule has 0 saturated heterocycles. The molecular formula is C18H25N5O2. The number of urea groups is 1. The van der Waals surface area contributed by atoms with Gasteiger partial charge < -0.3 is 15.4 Å². The first kappa shape index (κ1) is 18.7. The predicted molar refractivity (Wildman–Crippen MR) is 99.4 cm³/mol. The van der Waals surface area contributed by atoms with E-state index < -0.39 is 0 Å². The zero-order valence-corrected chi connectivity index (χ0v) is 15.0. The summed E-state index contributed by atoms with van der Waals surface area (Å²) in [4.78, 5) is 22.8. The molecule has 2 N–H and O–H groups in total. The summed E-state index contributed by atoms with van der Waals surface area (Å²) >= 11 is 0. The summed E-state index contributed by atoms with van der Waals surface area (Å²) in [7, 11) is 1.67. The maximum absolute atomic E-state index is 12.6. The Morgan fingerprint density at radius 1 is 1.24 bits per heavy atom. The molecule has 2 rings (SSSR count). The summed E-state index contributed by atoms with van der Waals surface area (Å²) < 4.78 is 5.03. The number of methoxy groups -OCH3 is 1. The van der Waals surface area contributed by atoms with Gasteiger partial charge in [-0.25, -0.2) is 14.7 Å². The van der Waals surface area contributed by atoms with Crippen LogP contribution in [0.4, 0.5) is 22.2 Å². The molecule has 0 aliphatic carbocycles. The fourth-order valence-corrected chi connectivity index (χ4v) is 2.25. The summed E-state index contributed by atoms with van der Waals surface area (Å²) in [5.41, 5.74) is 1.88. The van der Waals surface area contributed by atoms with Gasteiger partial charge in [0.05, 0.1) is 5.69 Å². The predicted octanol–water partition coefficient (Wildman–Crippen LogP) is 3.10. The maximum atomic E-state index is 12.6. The van der Waals surface area contributed by atoms with E-state index in [4.69, 9.17) is 4.74 Å². The van der Waals surface area contributed by atoms with Crippen molar-refractivity contribution in [3.8, 4) is 0 Å². The molecule has 0 spiro atoms. The molecule has 25 heavy (non-hydrogen) atoms. The van der Waals surface area contributed by atoms with Crippen LogP contribution in [0.15, 0.2) is 36.5 Å². The Labute approximate surface area is 148 Å². The zero-order chi connectivity index (χ0) is 18.1. The van der Waals surface area contributed by atoms with Crippen molar-refractivity contribution in [1.82, 2.24) is 15.3 Å². The smallest absolute Gasteiger partial charge is 0.327 e. The molecule has 0 atom stereocenters. The van der Waals surface area contributed by atoms with E-state index >= 15 is 0 Å². The summed E-state index contributed by atoms with van der Waals surface area (Å²) in [6, 6.07) is 9.22. The Kier molecular flexibility index (Phi) is 7.16. The van der Waals surface area contributed by atoms with E-state index in [0.717, 1.165) is 17.7 Å². The van der Waals surface area contributed by atoms with Gasteiger partial charge in [-0.15, -0.1) is 0 Å². The first-order chi connectivity index (χ1) is 12.2. The fraction of sp³-hybridized carbons (Fsp3) is 0.389. The molecule has 7 nitrogen and oxygen atoms in total. The molecule has 2 aromatic rings. The third-order valence-electron chi connectivity index (χ3n) is 3.50. The monoisotopic (exact) mass is 343 g/mol. The van der Waals surface area contributed by atoms with Crippen molar-refractivity contribution in [3.63, 3.8) is 0 Å². The van der Waals surface area contributed by atoms with Gasteiger partial charge >= 0.3 is 6.03 Å². The molecular weight excluding hydrogens is 318 g/mol. The summed E-state index contributed by atoms with van der Waals surface area (Å²) in [6.45, 7) is 5.79. The molecule has 0 fully saturated rings. The number of hydrogen-bond donors (Lipinski definition) is 2. The average molecular weight is 343 g/mol. The lowest BCUT2D eigenvalue weighted by molar-refractivity contribution is 0.197. The van der Waals surface area contributed by atoms with Crippen molar-refractivity contribution in [3.05, 3.63) is 42.1 Å². The number of rotatable bonds is 8. The van der Waals surface area contributed by atoms with Gasteiger partial charge in [0.1, 0.15) is 5.82 Å². The van der Waals surface area contributed by atoms with Gasteiger partial charge in [-0.3, -0.25) is 0 Å². The first-order valence-corrected chi connectivity index (χ1v) is 8.36. The second-order valence-corrected chi connectivity index (χ2v) is 5.52. The molecule has 134 valence electrons. The van der Waals surface area contributed by atoms with Gasteiger partial charge in [0.15, 0.2) is 0 Å². The van der Waals surface area contributed by atoms with Crippen LogP contribution in [0, 0.1) is 6.92 Å². The third kappa shape index (κ3) is 5.42. The van der Waals surface area contributed by atoms with Gasteiger partial charge in [0.2, 0.25) is 5.95 Å². The van der Waals surface area contributed by atoms with Crippen LogP contribution in [0.1, 0.15) is 18.9 Å². The second kappa shape index (κ2) is 9.58. The molecule has 0 radical (unpaired) electrons. The molecule has 1 heterocycles. The zero-order valence-electron chi connectivity index (χ0n) is 15.0. The van der Waals surface area contributed by atoms with Crippen molar-refractivity contribution >= 4 is 23.5 Å². The number of anilines is 3. The van der Waals surface area contributed by atoms with Gasteiger partial charge in [0, 0.05) is 39.1 Å². The number of nitrogens with zero attached hydrogens (tertiary/aromatic N) is 3. The van der Waals surface area contributed by atoms with Gasteiger partial charge in [-0.2, -0.15) is 4.98 Å². The van der Waals surface area contributed by atoms with Crippen LogP contribution in [0.3, 0.4) is 0 Å². The van der Waals surface area contributed by atoms with Gasteiger partial charge in [0.25, 0.3) is 0 Å². The lowest BCUT2D eigenvalue weighted by atomic mass is 10.2. The van der Waals surface area contributed by atoms with Crippen molar-refractivity contribution in [2.75, 3.05) is 37.0 Å². The number of carbonyl (C=O) groups excluding carboxylic acids is 1. The van der Waals surface area contributed by atoms with Crippen LogP contribution in [-0.2, 0) is 4.74 Å². The third-order valence-corrected chi connectivity index (χ3v) is 3.50. The number of aryl methyl sites for hydroxylation is 1. The number of benzene rings is 1. The average Bonchev–Trinajstić information content (AvgIpc) is 2.61. The topological polar surface area (TPSA) is 79.4 Å². The number of nitrogens with one attached hydrogen (secondary N) is 2. The van der Waals surface area contributed by atoms with Crippen LogP contribution in [0.2, 0.25) is 0 Å². The normalized spacial score (nSPS) is 10.4. The largest absolute Gasteiger partial charge is 0.385 e. The SMILES string of the molecule is CCNC(=O)N(c1ccc(C)cc1)c1ccnc(NCCCOC)n1. The maximum Gasteiger partial charge on any atom is 0.327 e. The number of ether oxygens (including phenoxy) is 1. The minimum atomic E-state index is -0.226.